The number of halogens is 2. The van der Waals surface area contributed by atoms with Gasteiger partial charge in [-0.2, -0.15) is 5.10 Å². The smallest absolute Gasteiger partial charge is 0.344 e. The van der Waals surface area contributed by atoms with E-state index in [-0.39, 0.29) is 11.4 Å². The molecule has 0 unspecified atom stereocenters. The molecular formula is C34H37F2N5O4. The van der Waals surface area contributed by atoms with Crippen LogP contribution < -0.4 is 19.1 Å². The normalized spacial score (nSPS) is 13.6. The van der Waals surface area contributed by atoms with Gasteiger partial charge < -0.3 is 19.1 Å². The van der Waals surface area contributed by atoms with Crippen LogP contribution in [0, 0.1) is 11.6 Å². The number of aromatic nitrogens is 1. The Balaban J connectivity index is 1.24. The molecule has 236 valence electrons. The molecule has 0 saturated carbocycles. The average molecular weight is 618 g/mol. The molecule has 2 amide bonds. The summed E-state index contributed by atoms with van der Waals surface area (Å²) in [5.74, 6) is 0.367. The summed E-state index contributed by atoms with van der Waals surface area (Å²) in [4.78, 5) is 20.8. The summed E-state index contributed by atoms with van der Waals surface area (Å²) >= 11 is 0. The van der Waals surface area contributed by atoms with Crippen molar-refractivity contribution in [2.45, 2.75) is 25.7 Å². The first-order valence-corrected chi connectivity index (χ1v) is 14.9. The van der Waals surface area contributed by atoms with Gasteiger partial charge in [0.2, 0.25) is 0 Å². The highest BCUT2D eigenvalue weighted by Crippen LogP contribution is 2.37. The van der Waals surface area contributed by atoms with Crippen LogP contribution in [-0.4, -0.2) is 74.6 Å². The molecule has 1 aliphatic rings. The van der Waals surface area contributed by atoms with E-state index in [1.54, 1.807) is 49.7 Å². The minimum Gasteiger partial charge on any atom is -0.493 e. The molecule has 1 aromatic heterocycles. The minimum absolute atomic E-state index is 0.000346. The summed E-state index contributed by atoms with van der Waals surface area (Å²) in [6.45, 7) is 3.86. The topological polar surface area (TPSA) is 79.7 Å². The molecular weight excluding hydrogens is 580 g/mol. The van der Waals surface area contributed by atoms with E-state index in [0.29, 0.717) is 40.3 Å². The van der Waals surface area contributed by atoms with E-state index >= 15 is 4.39 Å². The standard InChI is InChI=1S/C34H37F2N5O4/c1-39(29-11-6-5-10-26(29)35)34(42)40(2)38-23-24-12-13-31(27(36)20-24)45-30-14-15-37-28-22-33(32(43-3)21-25(28)30)44-19-9-18-41-16-7-4-8-17-41/h5-6,10-15,20-23H,4,7-9,16-19H2,1-3H3/b38-23+. The Bertz CT molecular complexity index is 1660. The van der Waals surface area contributed by atoms with E-state index in [9.17, 15) is 9.18 Å². The number of ether oxygens (including phenoxy) is 3. The molecule has 0 bridgehead atoms. The van der Waals surface area contributed by atoms with Crippen LogP contribution in [0.25, 0.3) is 10.9 Å². The number of hydrogen-bond acceptors (Lipinski definition) is 7. The molecule has 2 heterocycles. The van der Waals surface area contributed by atoms with Gasteiger partial charge in [-0.25, -0.2) is 18.6 Å². The number of hydrazone groups is 1. The maximum atomic E-state index is 15.1. The molecule has 9 nitrogen and oxygen atoms in total. The van der Waals surface area contributed by atoms with Crippen molar-refractivity contribution >= 4 is 28.8 Å². The third-order valence-corrected chi connectivity index (χ3v) is 7.65. The van der Waals surface area contributed by atoms with E-state index in [4.69, 9.17) is 14.2 Å². The lowest BCUT2D eigenvalue weighted by Crippen LogP contribution is -2.36. The largest absolute Gasteiger partial charge is 0.493 e. The number of para-hydroxylation sites is 1. The fourth-order valence-corrected chi connectivity index (χ4v) is 5.19. The van der Waals surface area contributed by atoms with Crippen molar-refractivity contribution in [3.05, 3.63) is 84.1 Å². The molecule has 4 aromatic rings. The van der Waals surface area contributed by atoms with E-state index in [2.05, 4.69) is 15.0 Å². The van der Waals surface area contributed by atoms with Gasteiger partial charge >= 0.3 is 6.03 Å². The second-order valence-corrected chi connectivity index (χ2v) is 10.8. The van der Waals surface area contributed by atoms with Crippen LogP contribution in [0.15, 0.2) is 72.0 Å². The van der Waals surface area contributed by atoms with Crippen molar-refractivity contribution < 1.29 is 27.8 Å². The van der Waals surface area contributed by atoms with Gasteiger partial charge in [0.15, 0.2) is 23.1 Å². The number of benzene rings is 3. The van der Waals surface area contributed by atoms with Crippen molar-refractivity contribution in [2.24, 2.45) is 5.10 Å². The Morgan fingerprint density at radius 2 is 1.76 bits per heavy atom. The lowest BCUT2D eigenvalue weighted by Gasteiger charge is -2.26. The van der Waals surface area contributed by atoms with Crippen LogP contribution in [0.1, 0.15) is 31.2 Å². The molecule has 1 aliphatic heterocycles. The monoisotopic (exact) mass is 617 g/mol. The summed E-state index contributed by atoms with van der Waals surface area (Å²) < 4.78 is 46.9. The molecule has 0 spiro atoms. The Morgan fingerprint density at radius 3 is 2.51 bits per heavy atom. The summed E-state index contributed by atoms with van der Waals surface area (Å²) in [5.41, 5.74) is 1.14. The predicted octanol–water partition coefficient (Wildman–Crippen LogP) is 7.09. The molecule has 0 radical (unpaired) electrons. The lowest BCUT2D eigenvalue weighted by molar-refractivity contribution is 0.203. The van der Waals surface area contributed by atoms with Crippen molar-refractivity contribution in [3.63, 3.8) is 0 Å². The number of carbonyl (C=O) groups is 1. The van der Waals surface area contributed by atoms with Crippen LogP contribution in [0.4, 0.5) is 19.3 Å². The average Bonchev–Trinajstić information content (AvgIpc) is 3.06. The Labute approximate surface area is 261 Å². The first-order valence-electron chi connectivity index (χ1n) is 14.9. The second kappa shape index (κ2) is 14.8. The number of piperidine rings is 1. The van der Waals surface area contributed by atoms with Crippen molar-refractivity contribution in [2.75, 3.05) is 52.3 Å². The van der Waals surface area contributed by atoms with Gasteiger partial charge in [-0.05, 0) is 80.4 Å². The number of fused-ring (bicyclic) bond motifs is 1. The van der Waals surface area contributed by atoms with Crippen molar-refractivity contribution in [1.82, 2.24) is 14.9 Å². The third-order valence-electron chi connectivity index (χ3n) is 7.65. The van der Waals surface area contributed by atoms with Crippen LogP contribution in [0.3, 0.4) is 0 Å². The van der Waals surface area contributed by atoms with E-state index < -0.39 is 17.7 Å². The summed E-state index contributed by atoms with van der Waals surface area (Å²) in [6, 6.07) is 14.9. The van der Waals surface area contributed by atoms with Crippen LogP contribution in [-0.2, 0) is 0 Å². The highest BCUT2D eigenvalue weighted by Gasteiger charge is 2.18. The Hall–Kier alpha value is -4.77. The molecule has 45 heavy (non-hydrogen) atoms. The van der Waals surface area contributed by atoms with Gasteiger partial charge in [-0.15, -0.1) is 0 Å². The summed E-state index contributed by atoms with van der Waals surface area (Å²) in [6.07, 6.45) is 7.67. The number of nitrogens with zero attached hydrogens (tertiary/aromatic N) is 5. The van der Waals surface area contributed by atoms with Gasteiger partial charge in [-0.1, -0.05) is 18.6 Å². The lowest BCUT2D eigenvalue weighted by atomic mass is 10.1. The van der Waals surface area contributed by atoms with Crippen LogP contribution >= 0.6 is 0 Å². The SMILES string of the molecule is COc1cc2c(Oc3ccc(/C=N/N(C)C(=O)N(C)c4ccccc4F)cc3F)ccnc2cc1OCCCN1CCCCC1. The molecule has 11 heteroatoms. The number of likely N-dealkylation sites (tertiary alicyclic amines) is 1. The number of urea groups is 1. The number of amides is 2. The fourth-order valence-electron chi connectivity index (χ4n) is 5.19. The number of anilines is 1. The molecule has 3 aromatic carbocycles. The molecule has 0 N–H and O–H groups in total. The van der Waals surface area contributed by atoms with Gasteiger partial charge in [0.25, 0.3) is 0 Å². The van der Waals surface area contributed by atoms with Crippen molar-refractivity contribution in [3.8, 4) is 23.0 Å². The Morgan fingerprint density at radius 1 is 0.956 bits per heavy atom. The summed E-state index contributed by atoms with van der Waals surface area (Å²) in [7, 11) is 4.45. The van der Waals surface area contributed by atoms with Gasteiger partial charge in [-0.3, -0.25) is 9.88 Å². The minimum atomic E-state index is -0.623. The number of carbonyl (C=O) groups excluding carboxylic acids is 1. The van der Waals surface area contributed by atoms with E-state index in [1.807, 2.05) is 0 Å². The number of rotatable bonds is 11. The maximum absolute atomic E-state index is 15.1. The zero-order valence-electron chi connectivity index (χ0n) is 25.7. The number of pyridine rings is 1. The van der Waals surface area contributed by atoms with Crippen LogP contribution in [0.2, 0.25) is 0 Å². The molecule has 1 fully saturated rings. The zero-order valence-corrected chi connectivity index (χ0v) is 25.7. The highest BCUT2D eigenvalue weighted by molar-refractivity contribution is 5.92. The highest BCUT2D eigenvalue weighted by atomic mass is 19.1. The maximum Gasteiger partial charge on any atom is 0.344 e. The second-order valence-electron chi connectivity index (χ2n) is 10.8. The van der Waals surface area contributed by atoms with Gasteiger partial charge in [0.05, 0.1) is 31.1 Å². The Kier molecular flexibility index (Phi) is 10.4. The van der Waals surface area contributed by atoms with Crippen LogP contribution in [0.5, 0.6) is 23.0 Å². The summed E-state index contributed by atoms with van der Waals surface area (Å²) in [5, 5.41) is 5.77. The van der Waals surface area contributed by atoms with Gasteiger partial charge in [0.1, 0.15) is 11.6 Å². The first-order chi connectivity index (χ1) is 21.8. The van der Waals surface area contributed by atoms with Gasteiger partial charge in [0, 0.05) is 38.3 Å². The van der Waals surface area contributed by atoms with E-state index in [1.165, 1.54) is 63.8 Å². The zero-order chi connectivity index (χ0) is 31.8. The van der Waals surface area contributed by atoms with E-state index in [0.717, 1.165) is 36.0 Å². The molecule has 1 saturated heterocycles. The predicted molar refractivity (Wildman–Crippen MR) is 171 cm³/mol. The molecule has 0 aliphatic carbocycles. The fraction of sp³-hybridized carbons (Fsp3) is 0.324. The molecule has 0 atom stereocenters. The molecule has 5 rings (SSSR count). The number of methoxy groups -OCH3 is 1. The first kappa shape index (κ1) is 31.6. The van der Waals surface area contributed by atoms with Crippen molar-refractivity contribution in [1.29, 1.82) is 0 Å². The number of hydrogen-bond donors (Lipinski definition) is 0. The quantitative estimate of drug-likeness (QED) is 0.102. The third kappa shape index (κ3) is 7.85.